The molecule has 0 radical (unpaired) electrons. The van der Waals surface area contributed by atoms with E-state index in [1.54, 1.807) is 0 Å². The summed E-state index contributed by atoms with van der Waals surface area (Å²) >= 11 is 0. The number of aryl methyl sites for hydroxylation is 2. The van der Waals surface area contributed by atoms with Gasteiger partial charge in [0.2, 0.25) is 18.3 Å². The van der Waals surface area contributed by atoms with E-state index in [-0.39, 0.29) is 12.5 Å². The Morgan fingerprint density at radius 1 is 1.20 bits per heavy atom. The Hall–Kier alpha value is -2.22. The Morgan fingerprint density at radius 2 is 1.92 bits per heavy atom. The number of nitrogens with zero attached hydrogens (tertiary/aromatic N) is 3. The van der Waals surface area contributed by atoms with Crippen molar-refractivity contribution in [1.29, 1.82) is 0 Å². The van der Waals surface area contributed by atoms with Crippen LogP contribution in [0.4, 0.5) is 5.95 Å². The number of hydroxylamine groups is 2. The van der Waals surface area contributed by atoms with Gasteiger partial charge in [0, 0.05) is 11.4 Å². The molecular formula is C17H27N5O3. The fourth-order valence-corrected chi connectivity index (χ4v) is 3.02. The number of anilines is 1. The molecule has 1 aliphatic rings. The highest BCUT2D eigenvalue weighted by Crippen LogP contribution is 2.16. The SMILES string of the molecule is Cc1cc2nc(n1)NNC(=O)[C@@H](CN(O)C=O)CCCCCCCC2. The number of fused-ring (bicyclic) bond motifs is 2. The topological polar surface area (TPSA) is 107 Å². The van der Waals surface area contributed by atoms with Crippen LogP contribution in [0.15, 0.2) is 6.07 Å². The Bertz CT molecular complexity index is 581. The highest BCUT2D eigenvalue weighted by atomic mass is 16.5. The number of carbonyl (C=O) groups is 2. The number of rotatable bonds is 3. The van der Waals surface area contributed by atoms with Gasteiger partial charge in [0.1, 0.15) is 0 Å². The molecule has 1 aromatic heterocycles. The van der Waals surface area contributed by atoms with Gasteiger partial charge in [-0.2, -0.15) is 0 Å². The molecule has 138 valence electrons. The molecule has 8 nitrogen and oxygen atoms in total. The van der Waals surface area contributed by atoms with E-state index < -0.39 is 5.92 Å². The summed E-state index contributed by atoms with van der Waals surface area (Å²) < 4.78 is 0. The van der Waals surface area contributed by atoms with Gasteiger partial charge in [-0.15, -0.1) is 0 Å². The normalized spacial score (nSPS) is 19.8. The van der Waals surface area contributed by atoms with E-state index in [4.69, 9.17) is 0 Å². The fraction of sp³-hybridized carbons (Fsp3) is 0.647. The van der Waals surface area contributed by atoms with Crippen molar-refractivity contribution >= 4 is 18.3 Å². The summed E-state index contributed by atoms with van der Waals surface area (Å²) in [4.78, 5) is 31.8. The van der Waals surface area contributed by atoms with Crippen molar-refractivity contribution in [2.75, 3.05) is 12.0 Å². The first kappa shape index (κ1) is 19.1. The molecule has 0 spiro atoms. The Kier molecular flexibility index (Phi) is 7.59. The van der Waals surface area contributed by atoms with Gasteiger partial charge < -0.3 is 0 Å². The lowest BCUT2D eigenvalue weighted by Gasteiger charge is -2.19. The lowest BCUT2D eigenvalue weighted by molar-refractivity contribution is -0.154. The monoisotopic (exact) mass is 349 g/mol. The molecule has 8 heteroatoms. The van der Waals surface area contributed by atoms with Crippen LogP contribution in [0.25, 0.3) is 0 Å². The smallest absolute Gasteiger partial charge is 0.243 e. The second kappa shape index (κ2) is 9.93. The Balaban J connectivity index is 2.09. The number of hydrazine groups is 1. The number of amides is 2. The van der Waals surface area contributed by atoms with Gasteiger partial charge in [-0.05, 0) is 32.3 Å². The number of carbonyl (C=O) groups excluding carboxylic acids is 2. The summed E-state index contributed by atoms with van der Waals surface area (Å²) in [5, 5.41) is 9.94. The van der Waals surface area contributed by atoms with Crippen molar-refractivity contribution in [3.63, 3.8) is 0 Å². The predicted octanol–water partition coefficient (Wildman–Crippen LogP) is 1.98. The third kappa shape index (κ3) is 6.66. The molecular weight excluding hydrogens is 322 g/mol. The highest BCUT2D eigenvalue weighted by Gasteiger charge is 2.21. The van der Waals surface area contributed by atoms with Crippen LogP contribution in [0.2, 0.25) is 0 Å². The molecule has 2 heterocycles. The zero-order chi connectivity index (χ0) is 18.1. The van der Waals surface area contributed by atoms with E-state index in [1.165, 1.54) is 0 Å². The molecule has 0 fully saturated rings. The summed E-state index contributed by atoms with van der Waals surface area (Å²) in [6, 6.07) is 1.96. The van der Waals surface area contributed by atoms with Gasteiger partial charge >= 0.3 is 0 Å². The average molecular weight is 349 g/mol. The third-order valence-corrected chi connectivity index (χ3v) is 4.34. The van der Waals surface area contributed by atoms with E-state index >= 15 is 0 Å². The summed E-state index contributed by atoms with van der Waals surface area (Å²) in [6.07, 6.45) is 8.26. The van der Waals surface area contributed by atoms with Crippen LogP contribution in [0.3, 0.4) is 0 Å². The molecule has 0 saturated heterocycles. The maximum absolute atomic E-state index is 12.4. The van der Waals surface area contributed by atoms with Crippen LogP contribution in [0.1, 0.15) is 56.3 Å². The summed E-state index contributed by atoms with van der Waals surface area (Å²) in [7, 11) is 0. The first-order valence-corrected chi connectivity index (χ1v) is 8.89. The fourth-order valence-electron chi connectivity index (χ4n) is 3.02. The van der Waals surface area contributed by atoms with Gasteiger partial charge in [0.15, 0.2) is 0 Å². The van der Waals surface area contributed by atoms with E-state index in [0.29, 0.717) is 23.8 Å². The summed E-state index contributed by atoms with van der Waals surface area (Å²) in [6.45, 7) is 1.86. The number of aromatic nitrogens is 2. The van der Waals surface area contributed by atoms with Crippen LogP contribution in [0.5, 0.6) is 0 Å². The Labute approximate surface area is 148 Å². The zero-order valence-corrected chi connectivity index (χ0v) is 14.7. The van der Waals surface area contributed by atoms with Crippen LogP contribution in [-0.4, -0.2) is 39.1 Å². The van der Waals surface area contributed by atoms with E-state index in [2.05, 4.69) is 20.8 Å². The molecule has 25 heavy (non-hydrogen) atoms. The van der Waals surface area contributed by atoms with Crippen molar-refractivity contribution in [1.82, 2.24) is 20.5 Å². The van der Waals surface area contributed by atoms with Crippen LogP contribution < -0.4 is 10.9 Å². The van der Waals surface area contributed by atoms with Crippen LogP contribution in [-0.2, 0) is 16.0 Å². The van der Waals surface area contributed by atoms with E-state index in [0.717, 1.165) is 56.3 Å². The highest BCUT2D eigenvalue weighted by molar-refractivity contribution is 5.80. The van der Waals surface area contributed by atoms with Crippen molar-refractivity contribution in [2.24, 2.45) is 5.92 Å². The number of nitrogens with one attached hydrogen (secondary N) is 2. The van der Waals surface area contributed by atoms with Crippen LogP contribution in [0, 0.1) is 12.8 Å². The quantitative estimate of drug-likeness (QED) is 0.437. The number of hydrogen-bond donors (Lipinski definition) is 3. The van der Waals surface area contributed by atoms with E-state index in [1.807, 2.05) is 13.0 Å². The largest absolute Gasteiger partial charge is 0.286 e. The zero-order valence-electron chi connectivity index (χ0n) is 14.7. The summed E-state index contributed by atoms with van der Waals surface area (Å²) in [5.74, 6) is -0.423. The lowest BCUT2D eigenvalue weighted by atomic mass is 9.99. The number of hydrogen-bond acceptors (Lipinski definition) is 6. The first-order valence-electron chi connectivity index (χ1n) is 8.89. The third-order valence-electron chi connectivity index (χ3n) is 4.34. The second-order valence-corrected chi connectivity index (χ2v) is 6.52. The minimum Gasteiger partial charge on any atom is -0.286 e. The lowest BCUT2D eigenvalue weighted by Crippen LogP contribution is -2.40. The molecule has 0 unspecified atom stereocenters. The molecule has 2 rings (SSSR count). The van der Waals surface area contributed by atoms with Crippen molar-refractivity contribution < 1.29 is 14.8 Å². The minimum absolute atomic E-state index is 0.0308. The van der Waals surface area contributed by atoms with Gasteiger partial charge in [-0.1, -0.05) is 32.1 Å². The first-order chi connectivity index (χ1) is 12.1. The van der Waals surface area contributed by atoms with Gasteiger partial charge in [0.25, 0.3) is 0 Å². The van der Waals surface area contributed by atoms with Crippen molar-refractivity contribution in [3.8, 4) is 0 Å². The Morgan fingerprint density at radius 3 is 2.68 bits per heavy atom. The van der Waals surface area contributed by atoms with Crippen molar-refractivity contribution in [3.05, 3.63) is 17.5 Å². The van der Waals surface area contributed by atoms with E-state index in [9.17, 15) is 14.8 Å². The van der Waals surface area contributed by atoms with Gasteiger partial charge in [0.05, 0.1) is 12.5 Å². The standard InChI is InChI=1S/C17H27N5O3/c1-13-10-15-9-7-5-3-2-4-6-8-14(11-22(25)12-23)16(24)20-21-17(18-13)19-15/h10,12,14,25H,2-9,11H2,1H3,(H,20,24)(H,18,19,21)/t14-/m1/s1. The van der Waals surface area contributed by atoms with Crippen molar-refractivity contribution in [2.45, 2.75) is 58.3 Å². The predicted molar refractivity (Wildman–Crippen MR) is 92.6 cm³/mol. The van der Waals surface area contributed by atoms with Gasteiger partial charge in [-0.25, -0.2) is 15.0 Å². The molecule has 0 aliphatic carbocycles. The van der Waals surface area contributed by atoms with Gasteiger partial charge in [-0.3, -0.25) is 25.6 Å². The molecule has 3 N–H and O–H groups in total. The molecule has 2 amide bonds. The maximum atomic E-state index is 12.4. The maximum Gasteiger partial charge on any atom is 0.243 e. The molecule has 2 bridgehead atoms. The summed E-state index contributed by atoms with van der Waals surface area (Å²) in [5.41, 5.74) is 7.15. The molecule has 0 aromatic carbocycles. The molecule has 1 aromatic rings. The molecule has 1 atom stereocenters. The minimum atomic E-state index is -0.489. The second-order valence-electron chi connectivity index (χ2n) is 6.52. The molecule has 1 aliphatic heterocycles. The van der Waals surface area contributed by atoms with Crippen LogP contribution >= 0.6 is 0 Å². The average Bonchev–Trinajstić information content (AvgIpc) is 2.59. The molecule has 0 saturated carbocycles.